The van der Waals surface area contributed by atoms with E-state index in [4.69, 9.17) is 4.74 Å². The highest BCUT2D eigenvalue weighted by Crippen LogP contribution is 2.24. The van der Waals surface area contributed by atoms with Crippen LogP contribution in [-0.4, -0.2) is 18.9 Å². The third-order valence-corrected chi connectivity index (χ3v) is 3.94. The van der Waals surface area contributed by atoms with Gasteiger partial charge < -0.3 is 4.74 Å². The number of hydrogen-bond acceptors (Lipinski definition) is 3. The first-order valence-corrected chi connectivity index (χ1v) is 7.68. The standard InChI is InChI=1S/C19H26O3/c1-12(2)15-7-9-16(10-8-15)18(20)14(5)11-17(13(3)4)19(21)22-6/h7-10,12-13,17H,5,11H2,1-4,6H3. The number of rotatable bonds is 7. The molecule has 0 aliphatic carbocycles. The summed E-state index contributed by atoms with van der Waals surface area (Å²) in [5, 5.41) is 0. The van der Waals surface area contributed by atoms with E-state index in [-0.39, 0.29) is 23.6 Å². The highest BCUT2D eigenvalue weighted by Gasteiger charge is 2.26. The third-order valence-electron chi connectivity index (χ3n) is 3.94. The lowest BCUT2D eigenvalue weighted by Crippen LogP contribution is -2.23. The molecular formula is C19H26O3. The Balaban J connectivity index is 2.83. The van der Waals surface area contributed by atoms with Crippen LogP contribution in [0.1, 0.15) is 56.0 Å². The second-order valence-electron chi connectivity index (χ2n) is 6.29. The van der Waals surface area contributed by atoms with E-state index in [0.717, 1.165) is 0 Å². The molecule has 0 aliphatic heterocycles. The Labute approximate surface area is 133 Å². The summed E-state index contributed by atoms with van der Waals surface area (Å²) in [6, 6.07) is 7.58. The van der Waals surface area contributed by atoms with Gasteiger partial charge in [-0.25, -0.2) is 0 Å². The first-order chi connectivity index (χ1) is 10.3. The molecule has 1 aromatic carbocycles. The summed E-state index contributed by atoms with van der Waals surface area (Å²) < 4.78 is 4.81. The largest absolute Gasteiger partial charge is 0.469 e. The molecule has 1 aromatic rings. The monoisotopic (exact) mass is 302 g/mol. The number of esters is 1. The van der Waals surface area contributed by atoms with Gasteiger partial charge in [0.15, 0.2) is 5.78 Å². The maximum Gasteiger partial charge on any atom is 0.309 e. The predicted molar refractivity (Wildman–Crippen MR) is 89.0 cm³/mol. The van der Waals surface area contributed by atoms with Crippen molar-refractivity contribution >= 4 is 11.8 Å². The number of ether oxygens (including phenoxy) is 1. The van der Waals surface area contributed by atoms with Gasteiger partial charge in [0.2, 0.25) is 0 Å². The summed E-state index contributed by atoms with van der Waals surface area (Å²) in [6.07, 6.45) is 0.328. The number of hydrogen-bond donors (Lipinski definition) is 0. The molecule has 1 atom stereocenters. The Bertz CT molecular complexity index is 538. The van der Waals surface area contributed by atoms with Crippen LogP contribution < -0.4 is 0 Å². The zero-order valence-electron chi connectivity index (χ0n) is 14.2. The van der Waals surface area contributed by atoms with Crippen molar-refractivity contribution in [1.82, 2.24) is 0 Å². The van der Waals surface area contributed by atoms with Crippen molar-refractivity contribution in [2.24, 2.45) is 11.8 Å². The third kappa shape index (κ3) is 4.55. The topological polar surface area (TPSA) is 43.4 Å². The number of methoxy groups -OCH3 is 1. The van der Waals surface area contributed by atoms with Crippen LogP contribution in [0.3, 0.4) is 0 Å². The molecule has 0 saturated carbocycles. The molecule has 0 bridgehead atoms. The SMILES string of the molecule is C=C(CC(C(=O)OC)C(C)C)C(=O)c1ccc(C(C)C)cc1. The van der Waals surface area contributed by atoms with E-state index in [1.54, 1.807) is 0 Å². The second kappa shape index (κ2) is 7.92. The normalized spacial score (nSPS) is 12.3. The molecule has 1 rings (SSSR count). The van der Waals surface area contributed by atoms with Crippen molar-refractivity contribution in [1.29, 1.82) is 0 Å². The minimum atomic E-state index is -0.337. The van der Waals surface area contributed by atoms with Crippen LogP contribution in [0.15, 0.2) is 36.4 Å². The van der Waals surface area contributed by atoms with E-state index >= 15 is 0 Å². The quantitative estimate of drug-likeness (QED) is 0.426. The van der Waals surface area contributed by atoms with Crippen molar-refractivity contribution in [2.45, 2.75) is 40.0 Å². The molecule has 22 heavy (non-hydrogen) atoms. The van der Waals surface area contributed by atoms with E-state index in [9.17, 15) is 9.59 Å². The van der Waals surface area contributed by atoms with Gasteiger partial charge in [-0.2, -0.15) is 0 Å². The van der Waals surface area contributed by atoms with Crippen LogP contribution in [0.4, 0.5) is 0 Å². The van der Waals surface area contributed by atoms with Crippen LogP contribution in [0.5, 0.6) is 0 Å². The molecule has 120 valence electrons. The number of carbonyl (C=O) groups is 2. The smallest absolute Gasteiger partial charge is 0.309 e. The van der Waals surface area contributed by atoms with Crippen molar-refractivity contribution in [3.8, 4) is 0 Å². The molecule has 0 aromatic heterocycles. The fourth-order valence-electron chi connectivity index (χ4n) is 2.32. The summed E-state index contributed by atoms with van der Waals surface area (Å²) in [5.41, 5.74) is 2.25. The van der Waals surface area contributed by atoms with Gasteiger partial charge in [-0.05, 0) is 29.4 Å². The molecule has 0 radical (unpaired) electrons. The maximum atomic E-state index is 12.4. The Kier molecular flexibility index (Phi) is 6.54. The van der Waals surface area contributed by atoms with Gasteiger partial charge in [0.25, 0.3) is 0 Å². The van der Waals surface area contributed by atoms with Gasteiger partial charge >= 0.3 is 5.97 Å². The minimum absolute atomic E-state index is 0.0975. The van der Waals surface area contributed by atoms with Gasteiger partial charge in [0.05, 0.1) is 13.0 Å². The Morgan fingerprint density at radius 2 is 1.64 bits per heavy atom. The molecule has 1 unspecified atom stereocenters. The minimum Gasteiger partial charge on any atom is -0.469 e. The van der Waals surface area contributed by atoms with Gasteiger partial charge in [-0.3, -0.25) is 9.59 Å². The highest BCUT2D eigenvalue weighted by molar-refractivity contribution is 6.08. The molecule has 0 aliphatic rings. The van der Waals surface area contributed by atoms with Crippen LogP contribution in [0, 0.1) is 11.8 Å². The molecule has 0 amide bonds. The lowest BCUT2D eigenvalue weighted by molar-refractivity contribution is -0.146. The number of allylic oxidation sites excluding steroid dienone is 1. The molecule has 3 nitrogen and oxygen atoms in total. The van der Waals surface area contributed by atoms with Crippen molar-refractivity contribution in [3.05, 3.63) is 47.5 Å². The van der Waals surface area contributed by atoms with Crippen LogP contribution in [0.25, 0.3) is 0 Å². The lowest BCUT2D eigenvalue weighted by atomic mass is 9.87. The van der Waals surface area contributed by atoms with Gasteiger partial charge in [-0.1, -0.05) is 58.5 Å². The number of benzene rings is 1. The molecule has 3 heteroatoms. The zero-order chi connectivity index (χ0) is 16.9. The van der Waals surface area contributed by atoms with E-state index < -0.39 is 0 Å². The van der Waals surface area contributed by atoms with Crippen molar-refractivity contribution in [2.75, 3.05) is 7.11 Å². The summed E-state index contributed by atoms with van der Waals surface area (Å²) in [7, 11) is 1.37. The highest BCUT2D eigenvalue weighted by atomic mass is 16.5. The van der Waals surface area contributed by atoms with E-state index in [1.165, 1.54) is 12.7 Å². The second-order valence-corrected chi connectivity index (χ2v) is 6.29. The van der Waals surface area contributed by atoms with Crippen molar-refractivity contribution in [3.63, 3.8) is 0 Å². The molecule has 0 heterocycles. The molecule has 0 N–H and O–H groups in total. The molecule has 0 saturated heterocycles. The van der Waals surface area contributed by atoms with E-state index in [2.05, 4.69) is 20.4 Å². The average molecular weight is 302 g/mol. The summed E-state index contributed by atoms with van der Waals surface area (Å²) in [4.78, 5) is 24.2. The first-order valence-electron chi connectivity index (χ1n) is 7.68. The predicted octanol–water partition coefficient (Wildman–Crippen LogP) is 4.38. The summed E-state index contributed by atoms with van der Waals surface area (Å²) in [6.45, 7) is 12.0. The molecule has 0 spiro atoms. The maximum absolute atomic E-state index is 12.4. The summed E-state index contributed by atoms with van der Waals surface area (Å²) >= 11 is 0. The van der Waals surface area contributed by atoms with Gasteiger partial charge in [0.1, 0.15) is 0 Å². The lowest BCUT2D eigenvalue weighted by Gasteiger charge is -2.19. The Hall–Kier alpha value is -1.90. The molecule has 0 fully saturated rings. The Morgan fingerprint density at radius 1 is 1.09 bits per heavy atom. The fourth-order valence-corrected chi connectivity index (χ4v) is 2.32. The number of Topliss-reactive ketones (excluding diaryl/α,β-unsaturated/α-hetero) is 1. The fraction of sp³-hybridized carbons (Fsp3) is 0.474. The van der Waals surface area contributed by atoms with Crippen LogP contribution in [-0.2, 0) is 9.53 Å². The Morgan fingerprint density at radius 3 is 2.05 bits per heavy atom. The van der Waals surface area contributed by atoms with E-state index in [0.29, 0.717) is 23.5 Å². The van der Waals surface area contributed by atoms with Crippen LogP contribution >= 0.6 is 0 Å². The summed E-state index contributed by atoms with van der Waals surface area (Å²) in [5.74, 6) is -0.210. The van der Waals surface area contributed by atoms with Gasteiger partial charge in [0, 0.05) is 5.56 Å². The van der Waals surface area contributed by atoms with E-state index in [1.807, 2.05) is 38.1 Å². The number of ketones is 1. The zero-order valence-corrected chi connectivity index (χ0v) is 14.2. The molecular weight excluding hydrogens is 276 g/mol. The average Bonchev–Trinajstić information content (AvgIpc) is 2.50. The van der Waals surface area contributed by atoms with Crippen LogP contribution in [0.2, 0.25) is 0 Å². The van der Waals surface area contributed by atoms with Crippen molar-refractivity contribution < 1.29 is 14.3 Å². The first kappa shape index (κ1) is 18.1. The number of carbonyl (C=O) groups excluding carboxylic acids is 2. The van der Waals surface area contributed by atoms with Gasteiger partial charge in [-0.15, -0.1) is 0 Å².